The second-order valence-electron chi connectivity index (χ2n) is 6.69. The second-order valence-corrected chi connectivity index (χ2v) is 6.69. The average molecular weight is 358 g/mol. The van der Waals surface area contributed by atoms with Gasteiger partial charge in [-0.3, -0.25) is 14.4 Å². The Kier molecular flexibility index (Phi) is 22.3. The first-order valence-electron chi connectivity index (χ1n) is 10.4. The molecular weight excluding hydrogens is 314 g/mol. The van der Waals surface area contributed by atoms with Crippen molar-refractivity contribution < 1.29 is 14.4 Å². The van der Waals surface area contributed by atoms with Gasteiger partial charge in [0.05, 0.1) is 7.11 Å². The van der Waals surface area contributed by atoms with E-state index in [9.17, 15) is 9.59 Å². The van der Waals surface area contributed by atoms with Crippen molar-refractivity contribution in [3.63, 3.8) is 0 Å². The first-order chi connectivity index (χ1) is 12.0. The molecule has 0 fully saturated rings. The van der Waals surface area contributed by atoms with Gasteiger partial charge in [0.15, 0.2) is 0 Å². The number of hydrogen-bond donors (Lipinski definition) is 0. The predicted octanol–water partition coefficient (Wildman–Crippen LogP) is 6.08. The number of Topliss-reactive ketones (excluding diaryl/α,β-unsaturated/α-hetero) is 1. The maximum absolute atomic E-state index is 11.2. The van der Waals surface area contributed by atoms with E-state index >= 15 is 0 Å². The summed E-state index contributed by atoms with van der Waals surface area (Å²) in [5.41, 5.74) is 0. The summed E-state index contributed by atoms with van der Waals surface area (Å²) in [6.07, 6.45) is 15.3. The zero-order valence-corrected chi connectivity index (χ0v) is 17.6. The van der Waals surface area contributed by atoms with E-state index in [0.29, 0.717) is 12.2 Å². The summed E-state index contributed by atoms with van der Waals surface area (Å²) >= 11 is 0. The fourth-order valence-electron chi connectivity index (χ4n) is 2.47. The van der Waals surface area contributed by atoms with Gasteiger partial charge in [-0.05, 0) is 19.3 Å². The van der Waals surface area contributed by atoms with E-state index in [4.69, 9.17) is 4.84 Å². The number of ketones is 1. The van der Waals surface area contributed by atoms with Crippen molar-refractivity contribution in [3.8, 4) is 0 Å². The zero-order chi connectivity index (χ0) is 19.3. The van der Waals surface area contributed by atoms with E-state index in [1.807, 2.05) is 0 Å². The number of nitrogens with zero attached hydrogens (tertiary/aromatic N) is 1. The van der Waals surface area contributed by atoms with Crippen LogP contribution in [0.5, 0.6) is 0 Å². The minimum atomic E-state index is 0.0685. The molecule has 0 saturated heterocycles. The third-order valence-electron chi connectivity index (χ3n) is 4.21. The summed E-state index contributed by atoms with van der Waals surface area (Å²) in [5, 5.41) is 1.29. The molecule has 0 aliphatic heterocycles. The van der Waals surface area contributed by atoms with Gasteiger partial charge in [0, 0.05) is 26.3 Å². The van der Waals surface area contributed by atoms with Gasteiger partial charge in [-0.25, -0.2) is 5.06 Å². The third-order valence-corrected chi connectivity index (χ3v) is 4.21. The molecule has 0 bridgehead atoms. The van der Waals surface area contributed by atoms with Crippen molar-refractivity contribution in [3.05, 3.63) is 0 Å². The summed E-state index contributed by atoms with van der Waals surface area (Å²) in [5.74, 6) is 0.521. The van der Waals surface area contributed by atoms with Gasteiger partial charge in [-0.1, -0.05) is 72.1 Å². The third kappa shape index (κ3) is 21.1. The number of rotatable bonds is 15. The number of hydrogen-bond acceptors (Lipinski definition) is 3. The highest BCUT2D eigenvalue weighted by atomic mass is 16.7. The van der Waals surface area contributed by atoms with Crippen LogP contribution in [0.2, 0.25) is 0 Å². The lowest BCUT2D eigenvalue weighted by Crippen LogP contribution is -2.24. The van der Waals surface area contributed by atoms with Crippen LogP contribution in [0, 0.1) is 0 Å². The first kappa shape index (κ1) is 26.3. The SMILES string of the molecule is CCCCCCCC(=O)CCC.CCCCCCCC(=O)N(C)OC. The lowest BCUT2D eigenvalue weighted by atomic mass is 10.1. The van der Waals surface area contributed by atoms with Crippen LogP contribution < -0.4 is 0 Å². The molecule has 0 aromatic heterocycles. The Morgan fingerprint density at radius 2 is 1.16 bits per heavy atom. The van der Waals surface area contributed by atoms with E-state index < -0.39 is 0 Å². The fourth-order valence-corrected chi connectivity index (χ4v) is 2.47. The van der Waals surface area contributed by atoms with Crippen LogP contribution in [0.3, 0.4) is 0 Å². The largest absolute Gasteiger partial charge is 0.300 e. The van der Waals surface area contributed by atoms with Gasteiger partial charge in [0.2, 0.25) is 5.91 Å². The molecule has 0 aromatic carbocycles. The molecule has 4 nitrogen and oxygen atoms in total. The van der Waals surface area contributed by atoms with E-state index in [2.05, 4.69) is 20.8 Å². The van der Waals surface area contributed by atoms with E-state index in [0.717, 1.165) is 38.5 Å². The molecule has 0 unspecified atom stereocenters. The summed E-state index contributed by atoms with van der Waals surface area (Å²) in [6.45, 7) is 6.46. The molecule has 1 amide bonds. The number of hydroxylamine groups is 2. The lowest BCUT2D eigenvalue weighted by molar-refractivity contribution is -0.168. The molecular formula is C21H43NO3. The van der Waals surface area contributed by atoms with Crippen LogP contribution in [0.4, 0.5) is 0 Å². The summed E-state index contributed by atoms with van der Waals surface area (Å²) in [4.78, 5) is 27.1. The summed E-state index contributed by atoms with van der Waals surface area (Å²) in [7, 11) is 3.16. The van der Waals surface area contributed by atoms with Crippen LogP contribution in [0.15, 0.2) is 0 Å². The second kappa shape index (κ2) is 21.1. The van der Waals surface area contributed by atoms with Gasteiger partial charge >= 0.3 is 0 Å². The predicted molar refractivity (Wildman–Crippen MR) is 106 cm³/mol. The quantitative estimate of drug-likeness (QED) is 0.263. The van der Waals surface area contributed by atoms with Crippen LogP contribution in [-0.4, -0.2) is 30.9 Å². The minimum Gasteiger partial charge on any atom is -0.300 e. The molecule has 0 heterocycles. The Labute approximate surface area is 156 Å². The maximum atomic E-state index is 11.2. The smallest absolute Gasteiger partial charge is 0.245 e. The molecule has 0 N–H and O–H groups in total. The first-order valence-corrected chi connectivity index (χ1v) is 10.4. The van der Waals surface area contributed by atoms with Crippen LogP contribution in [0.25, 0.3) is 0 Å². The molecule has 0 aliphatic carbocycles. The van der Waals surface area contributed by atoms with Crippen LogP contribution >= 0.6 is 0 Å². The zero-order valence-electron chi connectivity index (χ0n) is 17.6. The van der Waals surface area contributed by atoms with Crippen molar-refractivity contribution in [1.82, 2.24) is 5.06 Å². The Morgan fingerprint density at radius 3 is 1.60 bits per heavy atom. The fraction of sp³-hybridized carbons (Fsp3) is 0.905. The van der Waals surface area contributed by atoms with Crippen LogP contribution in [0.1, 0.15) is 111 Å². The molecule has 0 aliphatic rings. The van der Waals surface area contributed by atoms with Gasteiger partial charge < -0.3 is 0 Å². The summed E-state index contributed by atoms with van der Waals surface area (Å²) < 4.78 is 0. The Morgan fingerprint density at radius 1 is 0.680 bits per heavy atom. The molecule has 150 valence electrons. The van der Waals surface area contributed by atoms with Gasteiger partial charge in [-0.2, -0.15) is 0 Å². The number of carbonyl (C=O) groups excluding carboxylic acids is 2. The summed E-state index contributed by atoms with van der Waals surface area (Å²) in [6, 6.07) is 0. The molecule has 0 radical (unpaired) electrons. The Hall–Kier alpha value is -0.900. The van der Waals surface area contributed by atoms with E-state index in [1.165, 1.54) is 57.1 Å². The van der Waals surface area contributed by atoms with E-state index in [1.54, 1.807) is 7.05 Å². The minimum absolute atomic E-state index is 0.0685. The van der Waals surface area contributed by atoms with Crippen molar-refractivity contribution in [2.75, 3.05) is 14.2 Å². The van der Waals surface area contributed by atoms with Gasteiger partial charge in [0.25, 0.3) is 0 Å². The molecule has 0 spiro atoms. The standard InChI is InChI=1S/C11H22O.C10H21NO2/c1-3-5-6-7-8-10-11(12)9-4-2;1-4-5-6-7-8-9-10(12)11(2)13-3/h3-10H2,1-2H3;4-9H2,1-3H3. The van der Waals surface area contributed by atoms with Crippen molar-refractivity contribution in [2.24, 2.45) is 0 Å². The molecule has 0 atom stereocenters. The maximum Gasteiger partial charge on any atom is 0.245 e. The number of amides is 1. The van der Waals surface area contributed by atoms with Crippen molar-refractivity contribution in [2.45, 2.75) is 111 Å². The van der Waals surface area contributed by atoms with Gasteiger partial charge in [-0.15, -0.1) is 0 Å². The monoisotopic (exact) mass is 357 g/mol. The molecule has 0 saturated carbocycles. The highest BCUT2D eigenvalue weighted by Gasteiger charge is 2.06. The topological polar surface area (TPSA) is 46.6 Å². The molecule has 25 heavy (non-hydrogen) atoms. The molecule has 0 aromatic rings. The molecule has 4 heteroatoms. The Balaban J connectivity index is 0. The van der Waals surface area contributed by atoms with E-state index in [-0.39, 0.29) is 5.91 Å². The number of unbranched alkanes of at least 4 members (excludes halogenated alkanes) is 8. The van der Waals surface area contributed by atoms with Gasteiger partial charge in [0.1, 0.15) is 5.78 Å². The highest BCUT2D eigenvalue weighted by Crippen LogP contribution is 2.07. The molecule has 0 rings (SSSR count). The normalized spacial score (nSPS) is 10.1. The van der Waals surface area contributed by atoms with Crippen molar-refractivity contribution in [1.29, 1.82) is 0 Å². The number of carbonyl (C=O) groups is 2. The van der Waals surface area contributed by atoms with Crippen molar-refractivity contribution >= 4 is 11.7 Å². The average Bonchev–Trinajstić information content (AvgIpc) is 2.61. The van der Waals surface area contributed by atoms with Crippen LogP contribution in [-0.2, 0) is 14.4 Å². The highest BCUT2D eigenvalue weighted by molar-refractivity contribution is 5.78. The lowest BCUT2D eigenvalue weighted by Gasteiger charge is -2.12. The Bertz CT molecular complexity index is 306.